The molecule has 4 nitrogen and oxygen atoms in total. The molecular formula is C14H16N2O2. The predicted molar refractivity (Wildman–Crippen MR) is 68.0 cm³/mol. The first-order valence-corrected chi connectivity index (χ1v) is 6.20. The molecule has 0 bridgehead atoms. The third-order valence-corrected chi connectivity index (χ3v) is 3.06. The predicted octanol–water partition coefficient (Wildman–Crippen LogP) is 2.46. The topological polar surface area (TPSA) is 62.1 Å². The Labute approximate surface area is 107 Å². The average molecular weight is 244 g/mol. The summed E-state index contributed by atoms with van der Waals surface area (Å²) in [6, 6.07) is 9.02. The monoisotopic (exact) mass is 244 g/mol. The molecule has 2 rings (SSSR count). The zero-order valence-electron chi connectivity index (χ0n) is 10.2. The van der Waals surface area contributed by atoms with Gasteiger partial charge in [-0.2, -0.15) is 5.26 Å². The number of nitrogens with zero attached hydrogens (tertiary/aromatic N) is 1. The highest BCUT2D eigenvalue weighted by molar-refractivity contribution is 5.92. The van der Waals surface area contributed by atoms with Crippen molar-refractivity contribution in [1.82, 2.24) is 0 Å². The van der Waals surface area contributed by atoms with Crippen LogP contribution in [-0.2, 0) is 9.53 Å². The van der Waals surface area contributed by atoms with E-state index in [0.29, 0.717) is 30.4 Å². The summed E-state index contributed by atoms with van der Waals surface area (Å²) in [4.78, 5) is 11.7. The first-order chi connectivity index (χ1) is 8.79. The molecule has 0 spiro atoms. The molecular weight excluding hydrogens is 228 g/mol. The van der Waals surface area contributed by atoms with Gasteiger partial charge in [0.05, 0.1) is 30.4 Å². The molecule has 4 heteroatoms. The fraction of sp³-hybridized carbons (Fsp3) is 0.429. The number of hydrogen-bond acceptors (Lipinski definition) is 3. The molecule has 0 radical (unpaired) electrons. The number of hydrogen-bond donors (Lipinski definition) is 1. The minimum atomic E-state index is -0.114. The second-order valence-corrected chi connectivity index (χ2v) is 4.38. The summed E-state index contributed by atoms with van der Waals surface area (Å²) >= 11 is 0. The van der Waals surface area contributed by atoms with Crippen molar-refractivity contribution in [3.8, 4) is 6.07 Å². The SMILES string of the molecule is N#Cc1ccccc1NC(=O)CCOC1CCC1. The highest BCUT2D eigenvalue weighted by Crippen LogP contribution is 2.22. The molecule has 1 fully saturated rings. The van der Waals surface area contributed by atoms with E-state index >= 15 is 0 Å². The van der Waals surface area contributed by atoms with E-state index in [1.165, 1.54) is 6.42 Å². The van der Waals surface area contributed by atoms with Crippen LogP contribution in [0.15, 0.2) is 24.3 Å². The van der Waals surface area contributed by atoms with Crippen LogP contribution in [0.25, 0.3) is 0 Å². The van der Waals surface area contributed by atoms with E-state index < -0.39 is 0 Å². The van der Waals surface area contributed by atoms with Gasteiger partial charge in [0.2, 0.25) is 5.91 Å². The lowest BCUT2D eigenvalue weighted by Gasteiger charge is -2.25. The van der Waals surface area contributed by atoms with Gasteiger partial charge >= 0.3 is 0 Å². The fourth-order valence-corrected chi connectivity index (χ4v) is 1.76. The van der Waals surface area contributed by atoms with Crippen LogP contribution in [-0.4, -0.2) is 18.6 Å². The minimum absolute atomic E-state index is 0.114. The number of nitriles is 1. The smallest absolute Gasteiger partial charge is 0.226 e. The van der Waals surface area contributed by atoms with Gasteiger partial charge in [0, 0.05) is 0 Å². The van der Waals surface area contributed by atoms with Crippen LogP contribution in [0.4, 0.5) is 5.69 Å². The molecule has 0 heterocycles. The Hall–Kier alpha value is -1.86. The Balaban J connectivity index is 1.77. The van der Waals surface area contributed by atoms with Crippen LogP contribution in [0.3, 0.4) is 0 Å². The summed E-state index contributed by atoms with van der Waals surface area (Å²) < 4.78 is 5.52. The lowest BCUT2D eigenvalue weighted by atomic mass is 9.96. The van der Waals surface area contributed by atoms with Crippen molar-refractivity contribution < 1.29 is 9.53 Å². The Morgan fingerprint density at radius 1 is 1.44 bits per heavy atom. The third kappa shape index (κ3) is 3.31. The van der Waals surface area contributed by atoms with Crippen LogP contribution in [0, 0.1) is 11.3 Å². The van der Waals surface area contributed by atoms with Crippen molar-refractivity contribution in [3.05, 3.63) is 29.8 Å². The summed E-state index contributed by atoms with van der Waals surface area (Å²) in [5.41, 5.74) is 1.04. The molecule has 1 aliphatic carbocycles. The molecule has 1 aromatic carbocycles. The van der Waals surface area contributed by atoms with Crippen LogP contribution in [0.1, 0.15) is 31.2 Å². The van der Waals surface area contributed by atoms with Gasteiger partial charge in [0.1, 0.15) is 6.07 Å². The first kappa shape index (κ1) is 12.6. The van der Waals surface area contributed by atoms with E-state index in [9.17, 15) is 4.79 Å². The Bertz CT molecular complexity index is 461. The number of rotatable bonds is 5. The highest BCUT2D eigenvalue weighted by Gasteiger charge is 2.17. The number of ether oxygens (including phenoxy) is 1. The molecule has 0 aliphatic heterocycles. The standard InChI is InChI=1S/C14H16N2O2/c15-10-11-4-1-2-7-13(11)16-14(17)8-9-18-12-5-3-6-12/h1-2,4,7,12H,3,5-6,8-9H2,(H,16,17). The second kappa shape index (κ2) is 6.18. The number of nitrogens with one attached hydrogen (secondary N) is 1. The zero-order chi connectivity index (χ0) is 12.8. The summed E-state index contributed by atoms with van der Waals surface area (Å²) in [5, 5.41) is 11.6. The van der Waals surface area contributed by atoms with Gasteiger partial charge in [0.15, 0.2) is 0 Å². The molecule has 1 amide bonds. The van der Waals surface area contributed by atoms with Crippen molar-refractivity contribution in [3.63, 3.8) is 0 Å². The van der Waals surface area contributed by atoms with Crippen molar-refractivity contribution >= 4 is 11.6 Å². The second-order valence-electron chi connectivity index (χ2n) is 4.38. The van der Waals surface area contributed by atoms with Crippen molar-refractivity contribution in [2.45, 2.75) is 31.8 Å². The summed E-state index contributed by atoms with van der Waals surface area (Å²) in [6.07, 6.45) is 4.13. The number of benzene rings is 1. The van der Waals surface area contributed by atoms with E-state index in [4.69, 9.17) is 10.00 Å². The molecule has 1 aliphatic rings. The summed E-state index contributed by atoms with van der Waals surface area (Å²) in [6.45, 7) is 0.450. The highest BCUT2D eigenvalue weighted by atomic mass is 16.5. The van der Waals surface area contributed by atoms with Crippen molar-refractivity contribution in [2.75, 3.05) is 11.9 Å². The molecule has 1 aromatic rings. The lowest BCUT2D eigenvalue weighted by Crippen LogP contribution is -2.24. The molecule has 1 N–H and O–H groups in total. The fourth-order valence-electron chi connectivity index (χ4n) is 1.76. The van der Waals surface area contributed by atoms with E-state index in [-0.39, 0.29) is 5.91 Å². The normalized spacial score (nSPS) is 14.6. The molecule has 0 atom stereocenters. The van der Waals surface area contributed by atoms with Gasteiger partial charge < -0.3 is 10.1 Å². The number of carbonyl (C=O) groups excluding carboxylic acids is 1. The quantitative estimate of drug-likeness (QED) is 0.865. The largest absolute Gasteiger partial charge is 0.378 e. The van der Waals surface area contributed by atoms with Crippen molar-refractivity contribution in [1.29, 1.82) is 5.26 Å². The van der Waals surface area contributed by atoms with Gasteiger partial charge in [-0.25, -0.2) is 0 Å². The van der Waals surface area contributed by atoms with Gasteiger partial charge in [-0.3, -0.25) is 4.79 Å². The molecule has 18 heavy (non-hydrogen) atoms. The van der Waals surface area contributed by atoms with Crippen LogP contribution in [0.2, 0.25) is 0 Å². The van der Waals surface area contributed by atoms with E-state index in [1.807, 2.05) is 6.07 Å². The maximum atomic E-state index is 11.7. The Morgan fingerprint density at radius 2 is 2.22 bits per heavy atom. The molecule has 0 saturated heterocycles. The van der Waals surface area contributed by atoms with Crippen LogP contribution < -0.4 is 5.32 Å². The maximum Gasteiger partial charge on any atom is 0.226 e. The summed E-state index contributed by atoms with van der Waals surface area (Å²) in [5.74, 6) is -0.114. The number of para-hydroxylation sites is 1. The Morgan fingerprint density at radius 3 is 2.89 bits per heavy atom. The average Bonchev–Trinajstić information content (AvgIpc) is 2.33. The van der Waals surface area contributed by atoms with Gasteiger partial charge in [-0.1, -0.05) is 12.1 Å². The van der Waals surface area contributed by atoms with E-state index in [2.05, 4.69) is 5.32 Å². The van der Waals surface area contributed by atoms with Crippen LogP contribution >= 0.6 is 0 Å². The number of amides is 1. The number of anilines is 1. The zero-order valence-corrected chi connectivity index (χ0v) is 10.2. The molecule has 1 saturated carbocycles. The molecule has 94 valence electrons. The Kier molecular flexibility index (Phi) is 4.32. The van der Waals surface area contributed by atoms with Gasteiger partial charge in [-0.15, -0.1) is 0 Å². The molecule has 0 aromatic heterocycles. The van der Waals surface area contributed by atoms with Gasteiger partial charge in [-0.05, 0) is 31.4 Å². The van der Waals surface area contributed by atoms with E-state index in [0.717, 1.165) is 12.8 Å². The van der Waals surface area contributed by atoms with Gasteiger partial charge in [0.25, 0.3) is 0 Å². The third-order valence-electron chi connectivity index (χ3n) is 3.06. The molecule has 0 unspecified atom stereocenters. The summed E-state index contributed by atoms with van der Waals surface area (Å²) in [7, 11) is 0. The van der Waals surface area contributed by atoms with E-state index in [1.54, 1.807) is 24.3 Å². The minimum Gasteiger partial charge on any atom is -0.378 e. The van der Waals surface area contributed by atoms with Crippen LogP contribution in [0.5, 0.6) is 0 Å². The van der Waals surface area contributed by atoms with Crippen molar-refractivity contribution in [2.24, 2.45) is 0 Å². The number of carbonyl (C=O) groups is 1. The maximum absolute atomic E-state index is 11.7. The lowest BCUT2D eigenvalue weighted by molar-refractivity contribution is -0.118. The first-order valence-electron chi connectivity index (χ1n) is 6.20.